The molecular weight excluding hydrogens is 242 g/mol. The topological polar surface area (TPSA) is 65.5 Å². The van der Waals surface area contributed by atoms with E-state index in [9.17, 15) is 0 Å². The van der Waals surface area contributed by atoms with E-state index in [4.69, 9.17) is 4.74 Å². The van der Waals surface area contributed by atoms with E-state index in [2.05, 4.69) is 32.3 Å². The second-order valence-electron chi connectivity index (χ2n) is 4.62. The van der Waals surface area contributed by atoms with Crippen LogP contribution >= 0.6 is 0 Å². The molecule has 0 aromatic carbocycles. The summed E-state index contributed by atoms with van der Waals surface area (Å²) in [4.78, 5) is 6.62. The Balaban J connectivity index is 1.79. The lowest BCUT2D eigenvalue weighted by Gasteiger charge is -2.33. The van der Waals surface area contributed by atoms with Crippen molar-refractivity contribution >= 4 is 5.96 Å². The fourth-order valence-corrected chi connectivity index (χ4v) is 2.36. The van der Waals surface area contributed by atoms with Crippen molar-refractivity contribution in [3.05, 3.63) is 18.0 Å². The largest absolute Gasteiger partial charge is 0.378 e. The Morgan fingerprint density at radius 3 is 2.95 bits per heavy atom. The molecule has 19 heavy (non-hydrogen) atoms. The summed E-state index contributed by atoms with van der Waals surface area (Å²) in [7, 11) is 1.82. The van der Waals surface area contributed by atoms with Gasteiger partial charge in [-0.3, -0.25) is 10.1 Å². The van der Waals surface area contributed by atoms with Crippen molar-refractivity contribution in [2.24, 2.45) is 4.99 Å². The average Bonchev–Trinajstić information content (AvgIpc) is 2.95. The average molecular weight is 265 g/mol. The van der Waals surface area contributed by atoms with Gasteiger partial charge in [-0.2, -0.15) is 5.10 Å². The van der Waals surface area contributed by atoms with Crippen LogP contribution < -0.4 is 5.32 Å². The van der Waals surface area contributed by atoms with Crippen LogP contribution in [0, 0.1) is 0 Å². The maximum absolute atomic E-state index is 5.66. The van der Waals surface area contributed by atoms with Gasteiger partial charge in [-0.1, -0.05) is 0 Å². The van der Waals surface area contributed by atoms with Crippen molar-refractivity contribution in [3.63, 3.8) is 0 Å². The van der Waals surface area contributed by atoms with E-state index in [0.717, 1.165) is 50.7 Å². The first-order valence-corrected chi connectivity index (χ1v) is 6.89. The lowest BCUT2D eigenvalue weighted by molar-refractivity contribution is 0.0263. The van der Waals surface area contributed by atoms with Gasteiger partial charge in [0.15, 0.2) is 5.96 Å². The smallest absolute Gasteiger partial charge is 0.193 e. The van der Waals surface area contributed by atoms with E-state index < -0.39 is 0 Å². The highest BCUT2D eigenvalue weighted by molar-refractivity contribution is 5.79. The predicted molar refractivity (Wildman–Crippen MR) is 75.0 cm³/mol. The zero-order chi connectivity index (χ0) is 13.5. The number of nitrogens with zero attached hydrogens (tertiary/aromatic N) is 3. The van der Waals surface area contributed by atoms with Crippen molar-refractivity contribution in [3.8, 4) is 0 Å². The second kappa shape index (κ2) is 7.13. The van der Waals surface area contributed by atoms with E-state index in [-0.39, 0.29) is 0 Å². The maximum Gasteiger partial charge on any atom is 0.193 e. The molecule has 2 rings (SSSR count). The number of hydrogen-bond donors (Lipinski definition) is 2. The van der Waals surface area contributed by atoms with Crippen molar-refractivity contribution in [2.75, 3.05) is 26.7 Å². The van der Waals surface area contributed by atoms with Gasteiger partial charge in [-0.25, -0.2) is 0 Å². The summed E-state index contributed by atoms with van der Waals surface area (Å²) < 4.78 is 5.66. The molecule has 0 aliphatic carbocycles. The predicted octanol–water partition coefficient (Wildman–Crippen LogP) is 0.986. The number of piperidine rings is 1. The van der Waals surface area contributed by atoms with Crippen molar-refractivity contribution < 1.29 is 4.74 Å². The first-order valence-electron chi connectivity index (χ1n) is 6.89. The summed E-state index contributed by atoms with van der Waals surface area (Å²) in [6, 6.07) is 1.96. The van der Waals surface area contributed by atoms with Crippen LogP contribution in [0.3, 0.4) is 0 Å². The molecular formula is C13H23N5O. The van der Waals surface area contributed by atoms with Crippen LogP contribution in [0.5, 0.6) is 0 Å². The van der Waals surface area contributed by atoms with E-state index in [1.807, 2.05) is 13.1 Å². The number of aromatic amines is 1. The highest BCUT2D eigenvalue weighted by Crippen LogP contribution is 2.13. The molecule has 0 amide bonds. The third-order valence-electron chi connectivity index (χ3n) is 3.35. The molecule has 2 heterocycles. The molecule has 1 aliphatic rings. The molecule has 1 aromatic rings. The van der Waals surface area contributed by atoms with Gasteiger partial charge < -0.3 is 15.0 Å². The number of aromatic nitrogens is 2. The zero-order valence-electron chi connectivity index (χ0n) is 11.7. The summed E-state index contributed by atoms with van der Waals surface area (Å²) in [6.07, 6.45) is 4.30. The van der Waals surface area contributed by atoms with Crippen LogP contribution in [0.15, 0.2) is 17.3 Å². The van der Waals surface area contributed by atoms with Crippen molar-refractivity contribution in [2.45, 2.75) is 32.4 Å². The van der Waals surface area contributed by atoms with E-state index in [1.165, 1.54) is 0 Å². The fourth-order valence-electron chi connectivity index (χ4n) is 2.36. The van der Waals surface area contributed by atoms with Crippen molar-refractivity contribution in [1.29, 1.82) is 0 Å². The quantitative estimate of drug-likeness (QED) is 0.629. The number of H-pyrrole nitrogens is 1. The first-order chi connectivity index (χ1) is 9.33. The van der Waals surface area contributed by atoms with Crippen LogP contribution in [0.2, 0.25) is 0 Å². The Morgan fingerprint density at radius 2 is 2.37 bits per heavy atom. The molecule has 106 valence electrons. The summed E-state index contributed by atoms with van der Waals surface area (Å²) in [6.45, 7) is 5.56. The van der Waals surface area contributed by atoms with Crippen LogP contribution in [0.1, 0.15) is 25.5 Å². The lowest BCUT2D eigenvalue weighted by Crippen LogP contribution is -2.46. The second-order valence-corrected chi connectivity index (χ2v) is 4.62. The van der Waals surface area contributed by atoms with Crippen LogP contribution in [-0.4, -0.2) is 53.9 Å². The highest BCUT2D eigenvalue weighted by atomic mass is 16.5. The fraction of sp³-hybridized carbons (Fsp3) is 0.692. The lowest BCUT2D eigenvalue weighted by atomic mass is 10.1. The SMILES string of the molecule is CCOC1CCN(C(=NC)NCc2ccn[nH]2)CC1. The molecule has 1 fully saturated rings. The standard InChI is InChI=1S/C13H23N5O/c1-3-19-12-5-8-18(9-6-12)13(14-2)15-10-11-4-7-16-17-11/h4,7,12H,3,5-6,8-10H2,1-2H3,(H,14,15)(H,16,17). The molecule has 0 saturated carbocycles. The third-order valence-corrected chi connectivity index (χ3v) is 3.35. The van der Waals surface area contributed by atoms with Gasteiger partial charge >= 0.3 is 0 Å². The number of rotatable bonds is 4. The molecule has 0 bridgehead atoms. The van der Waals surface area contributed by atoms with E-state index >= 15 is 0 Å². The van der Waals surface area contributed by atoms with Gasteiger partial charge in [0.25, 0.3) is 0 Å². The van der Waals surface area contributed by atoms with E-state index in [1.54, 1.807) is 6.20 Å². The molecule has 2 N–H and O–H groups in total. The summed E-state index contributed by atoms with van der Waals surface area (Å²) in [5.74, 6) is 0.949. The molecule has 0 unspecified atom stereocenters. The molecule has 1 aromatic heterocycles. The molecule has 0 radical (unpaired) electrons. The van der Waals surface area contributed by atoms with E-state index in [0.29, 0.717) is 6.10 Å². The number of nitrogens with one attached hydrogen (secondary N) is 2. The van der Waals surface area contributed by atoms with Gasteiger partial charge in [-0.05, 0) is 25.8 Å². The summed E-state index contributed by atoms with van der Waals surface area (Å²) in [5.41, 5.74) is 1.06. The Morgan fingerprint density at radius 1 is 1.58 bits per heavy atom. The number of hydrogen-bond acceptors (Lipinski definition) is 3. The minimum atomic E-state index is 0.409. The molecule has 6 heteroatoms. The number of likely N-dealkylation sites (tertiary alicyclic amines) is 1. The van der Waals surface area contributed by atoms with Crippen LogP contribution in [0.4, 0.5) is 0 Å². The Hall–Kier alpha value is -1.56. The summed E-state index contributed by atoms with van der Waals surface area (Å²) in [5, 5.41) is 10.2. The normalized spacial score (nSPS) is 17.8. The number of aliphatic imine (C=N–C) groups is 1. The van der Waals surface area contributed by atoms with Crippen LogP contribution in [-0.2, 0) is 11.3 Å². The van der Waals surface area contributed by atoms with Gasteiger partial charge in [0, 0.05) is 32.9 Å². The van der Waals surface area contributed by atoms with Crippen molar-refractivity contribution in [1.82, 2.24) is 20.4 Å². The third kappa shape index (κ3) is 3.96. The molecule has 1 saturated heterocycles. The Kier molecular flexibility index (Phi) is 5.20. The molecule has 0 atom stereocenters. The highest BCUT2D eigenvalue weighted by Gasteiger charge is 2.21. The number of guanidine groups is 1. The van der Waals surface area contributed by atoms with Gasteiger partial charge in [0.05, 0.1) is 18.3 Å². The molecule has 6 nitrogen and oxygen atoms in total. The number of ether oxygens (including phenoxy) is 1. The monoisotopic (exact) mass is 265 g/mol. The minimum Gasteiger partial charge on any atom is -0.378 e. The Labute approximate surface area is 114 Å². The molecule has 1 aliphatic heterocycles. The minimum absolute atomic E-state index is 0.409. The van der Waals surface area contributed by atoms with Gasteiger partial charge in [-0.15, -0.1) is 0 Å². The zero-order valence-corrected chi connectivity index (χ0v) is 11.7. The Bertz CT molecular complexity index is 382. The summed E-state index contributed by atoms with van der Waals surface area (Å²) >= 11 is 0. The van der Waals surface area contributed by atoms with Gasteiger partial charge in [0.1, 0.15) is 0 Å². The molecule has 0 spiro atoms. The first kappa shape index (κ1) is 13.9. The van der Waals surface area contributed by atoms with Crippen LogP contribution in [0.25, 0.3) is 0 Å². The van der Waals surface area contributed by atoms with Gasteiger partial charge in [0.2, 0.25) is 0 Å². The maximum atomic E-state index is 5.66.